The Bertz CT molecular complexity index is 353. The van der Waals surface area contributed by atoms with E-state index in [0.717, 1.165) is 0 Å². The highest BCUT2D eigenvalue weighted by molar-refractivity contribution is 7.91. The lowest BCUT2D eigenvalue weighted by Gasteiger charge is -2.29. The Balaban J connectivity index is 2.73. The zero-order valence-corrected chi connectivity index (χ0v) is 10.9. The van der Waals surface area contributed by atoms with Gasteiger partial charge in [0, 0.05) is 12.6 Å². The van der Waals surface area contributed by atoms with Gasteiger partial charge in [-0.3, -0.25) is 4.79 Å². The second-order valence-corrected chi connectivity index (χ2v) is 6.42. The maximum atomic E-state index is 12.0. The summed E-state index contributed by atoms with van der Waals surface area (Å²) >= 11 is 0. The third-order valence-electron chi connectivity index (χ3n) is 3.08. The number of nitrogens with one attached hydrogen (secondary N) is 1. The first-order valence-electron chi connectivity index (χ1n) is 5.59. The molecule has 1 amide bonds. The molecule has 0 spiro atoms. The van der Waals surface area contributed by atoms with Crippen molar-refractivity contribution in [2.45, 2.75) is 32.4 Å². The molecule has 0 aromatic carbocycles. The lowest BCUT2D eigenvalue weighted by atomic mass is 10.2. The van der Waals surface area contributed by atoms with Crippen molar-refractivity contribution >= 4 is 15.7 Å². The van der Waals surface area contributed by atoms with Crippen molar-refractivity contribution in [3.8, 4) is 0 Å². The molecule has 94 valence electrons. The third kappa shape index (κ3) is 2.95. The van der Waals surface area contributed by atoms with Crippen molar-refractivity contribution in [3.63, 3.8) is 0 Å². The van der Waals surface area contributed by atoms with Crippen molar-refractivity contribution in [1.29, 1.82) is 0 Å². The third-order valence-corrected chi connectivity index (χ3v) is 4.83. The van der Waals surface area contributed by atoms with Crippen LogP contribution in [0.3, 0.4) is 0 Å². The number of amides is 1. The second kappa shape index (κ2) is 5.14. The Labute approximate surface area is 97.1 Å². The highest BCUT2D eigenvalue weighted by Crippen LogP contribution is 2.18. The van der Waals surface area contributed by atoms with Crippen LogP contribution in [0.2, 0.25) is 0 Å². The molecule has 0 aromatic heterocycles. The number of likely N-dealkylation sites (N-methyl/N-ethyl adjacent to an activating group) is 2. The molecule has 0 radical (unpaired) electrons. The molecule has 0 bridgehead atoms. The summed E-state index contributed by atoms with van der Waals surface area (Å²) in [7, 11) is -1.21. The smallest absolute Gasteiger partial charge is 0.239 e. The van der Waals surface area contributed by atoms with E-state index in [0.29, 0.717) is 13.0 Å². The second-order valence-electron chi connectivity index (χ2n) is 4.19. The van der Waals surface area contributed by atoms with E-state index in [1.54, 1.807) is 18.9 Å². The van der Waals surface area contributed by atoms with E-state index in [1.807, 2.05) is 6.92 Å². The standard InChI is InChI=1S/C10H20N2O3S/c1-4-12(10(13)8(2)11-3)9-5-6-16(14,15)7-9/h8-9,11H,4-7H2,1-3H3. The fourth-order valence-corrected chi connectivity index (χ4v) is 3.72. The van der Waals surface area contributed by atoms with E-state index in [-0.39, 0.29) is 29.5 Å². The van der Waals surface area contributed by atoms with Gasteiger partial charge in [0.15, 0.2) is 9.84 Å². The van der Waals surface area contributed by atoms with Crippen LogP contribution in [0.5, 0.6) is 0 Å². The van der Waals surface area contributed by atoms with Crippen molar-refractivity contribution in [1.82, 2.24) is 10.2 Å². The maximum Gasteiger partial charge on any atom is 0.239 e. The van der Waals surface area contributed by atoms with Crippen molar-refractivity contribution in [2.75, 3.05) is 25.1 Å². The Hall–Kier alpha value is -0.620. The molecule has 0 saturated carbocycles. The zero-order chi connectivity index (χ0) is 12.3. The van der Waals surface area contributed by atoms with E-state index in [1.165, 1.54) is 0 Å². The first kappa shape index (κ1) is 13.4. The van der Waals surface area contributed by atoms with Gasteiger partial charge in [-0.15, -0.1) is 0 Å². The van der Waals surface area contributed by atoms with Gasteiger partial charge in [0.2, 0.25) is 5.91 Å². The molecule has 6 heteroatoms. The molecule has 1 aliphatic rings. The van der Waals surface area contributed by atoms with Gasteiger partial charge < -0.3 is 10.2 Å². The zero-order valence-electron chi connectivity index (χ0n) is 10.1. The summed E-state index contributed by atoms with van der Waals surface area (Å²) in [5.74, 6) is 0.297. The van der Waals surface area contributed by atoms with Crippen LogP contribution >= 0.6 is 0 Å². The van der Waals surface area contributed by atoms with Crippen LogP contribution in [0.25, 0.3) is 0 Å². The van der Waals surface area contributed by atoms with Crippen molar-refractivity contribution in [2.24, 2.45) is 0 Å². The lowest BCUT2D eigenvalue weighted by molar-refractivity contribution is -0.134. The Kier molecular flexibility index (Phi) is 4.32. The minimum Gasteiger partial charge on any atom is -0.338 e. The highest BCUT2D eigenvalue weighted by Gasteiger charge is 2.34. The summed E-state index contributed by atoms with van der Waals surface area (Å²) in [5, 5.41) is 2.88. The summed E-state index contributed by atoms with van der Waals surface area (Å²) in [6, 6.07) is -0.401. The number of rotatable bonds is 4. The van der Waals surface area contributed by atoms with E-state index in [9.17, 15) is 13.2 Å². The summed E-state index contributed by atoms with van der Waals surface area (Å²) in [4.78, 5) is 13.6. The van der Waals surface area contributed by atoms with Crippen LogP contribution in [0.4, 0.5) is 0 Å². The number of nitrogens with zero attached hydrogens (tertiary/aromatic N) is 1. The fraction of sp³-hybridized carbons (Fsp3) is 0.900. The van der Waals surface area contributed by atoms with Gasteiger partial charge in [0.05, 0.1) is 17.5 Å². The molecule has 0 aromatic rings. The van der Waals surface area contributed by atoms with E-state index in [2.05, 4.69) is 5.32 Å². The predicted octanol–water partition coefficient (Wildman–Crippen LogP) is -0.370. The molecule has 0 aliphatic carbocycles. The van der Waals surface area contributed by atoms with Gasteiger partial charge in [-0.1, -0.05) is 0 Å². The fourth-order valence-electron chi connectivity index (χ4n) is 1.99. The molecule has 16 heavy (non-hydrogen) atoms. The average Bonchev–Trinajstić information content (AvgIpc) is 2.58. The van der Waals surface area contributed by atoms with Crippen LogP contribution in [-0.4, -0.2) is 56.4 Å². The molecule has 1 rings (SSSR count). The van der Waals surface area contributed by atoms with Crippen LogP contribution < -0.4 is 5.32 Å². The molecule has 1 heterocycles. The largest absolute Gasteiger partial charge is 0.338 e. The van der Waals surface area contributed by atoms with E-state index in [4.69, 9.17) is 0 Å². The molecule has 1 fully saturated rings. The molecular formula is C10H20N2O3S. The van der Waals surface area contributed by atoms with Gasteiger partial charge in [-0.2, -0.15) is 0 Å². The minimum atomic E-state index is -2.93. The quantitative estimate of drug-likeness (QED) is 0.737. The maximum absolute atomic E-state index is 12.0. The normalized spacial score (nSPS) is 25.3. The topological polar surface area (TPSA) is 66.5 Å². The van der Waals surface area contributed by atoms with Gasteiger partial charge in [0.25, 0.3) is 0 Å². The van der Waals surface area contributed by atoms with Crippen molar-refractivity contribution in [3.05, 3.63) is 0 Å². The van der Waals surface area contributed by atoms with E-state index >= 15 is 0 Å². The van der Waals surface area contributed by atoms with Crippen LogP contribution in [-0.2, 0) is 14.6 Å². The van der Waals surface area contributed by atoms with Crippen molar-refractivity contribution < 1.29 is 13.2 Å². The number of carbonyl (C=O) groups excluding carboxylic acids is 1. The number of hydrogen-bond acceptors (Lipinski definition) is 4. The van der Waals surface area contributed by atoms with Gasteiger partial charge in [0.1, 0.15) is 0 Å². The Morgan fingerprint density at radius 2 is 2.19 bits per heavy atom. The lowest BCUT2D eigenvalue weighted by Crippen LogP contribution is -2.48. The minimum absolute atomic E-state index is 0.0212. The number of sulfone groups is 1. The summed E-state index contributed by atoms with van der Waals surface area (Å²) in [5.41, 5.74) is 0. The summed E-state index contributed by atoms with van der Waals surface area (Å²) in [6.45, 7) is 4.23. The van der Waals surface area contributed by atoms with Gasteiger partial charge in [-0.25, -0.2) is 8.42 Å². The van der Waals surface area contributed by atoms with Crippen LogP contribution in [0, 0.1) is 0 Å². The van der Waals surface area contributed by atoms with Gasteiger partial charge in [-0.05, 0) is 27.3 Å². The summed E-state index contributed by atoms with van der Waals surface area (Å²) in [6.07, 6.45) is 0.568. The van der Waals surface area contributed by atoms with Crippen LogP contribution in [0.15, 0.2) is 0 Å². The molecule has 2 unspecified atom stereocenters. The van der Waals surface area contributed by atoms with Crippen LogP contribution in [0.1, 0.15) is 20.3 Å². The highest BCUT2D eigenvalue weighted by atomic mass is 32.2. The molecule has 1 N–H and O–H groups in total. The summed E-state index contributed by atoms with van der Waals surface area (Å²) < 4.78 is 22.7. The number of carbonyl (C=O) groups is 1. The molecule has 5 nitrogen and oxygen atoms in total. The van der Waals surface area contributed by atoms with Gasteiger partial charge >= 0.3 is 0 Å². The Morgan fingerprint density at radius 1 is 1.56 bits per heavy atom. The molecule has 2 atom stereocenters. The monoisotopic (exact) mass is 248 g/mol. The predicted molar refractivity (Wildman–Crippen MR) is 63.0 cm³/mol. The SMILES string of the molecule is CCN(C(=O)C(C)NC)C1CCS(=O)(=O)C1. The first-order valence-corrected chi connectivity index (χ1v) is 7.41. The number of hydrogen-bond donors (Lipinski definition) is 1. The molecule has 1 aliphatic heterocycles. The molecule has 1 saturated heterocycles. The first-order chi connectivity index (χ1) is 7.41. The Morgan fingerprint density at radius 3 is 2.56 bits per heavy atom. The average molecular weight is 248 g/mol. The van der Waals surface area contributed by atoms with E-state index < -0.39 is 9.84 Å². The molecular weight excluding hydrogens is 228 g/mol.